The second-order valence-electron chi connectivity index (χ2n) is 10.8. The van der Waals surface area contributed by atoms with E-state index in [1.165, 1.54) is 4.57 Å². The molecule has 2 aromatic carbocycles. The minimum atomic E-state index is -1.11. The smallest absolute Gasteiger partial charge is 0.407 e. The van der Waals surface area contributed by atoms with Crippen molar-refractivity contribution in [3.63, 3.8) is 0 Å². The number of carbonyl (C=O) groups excluding carboxylic acids is 1. The molecule has 4 aromatic rings. The van der Waals surface area contributed by atoms with Crippen molar-refractivity contribution in [3.05, 3.63) is 107 Å². The maximum Gasteiger partial charge on any atom is 0.407 e. The lowest BCUT2D eigenvalue weighted by Crippen LogP contribution is -2.43. The number of nitrogens with zero attached hydrogens (tertiary/aromatic N) is 4. The lowest BCUT2D eigenvalue weighted by atomic mass is 9.96. The summed E-state index contributed by atoms with van der Waals surface area (Å²) in [4.78, 5) is 48.5. The molecule has 228 valence electrons. The molecule has 0 radical (unpaired) electrons. The lowest BCUT2D eigenvalue weighted by Gasteiger charge is -2.34. The summed E-state index contributed by atoms with van der Waals surface area (Å²) in [5, 5.41) is 15.5. The zero-order valence-corrected chi connectivity index (χ0v) is 24.3. The molecule has 0 aliphatic carbocycles. The number of nitrogens with one attached hydrogen (secondary N) is 2. The van der Waals surface area contributed by atoms with Crippen LogP contribution >= 0.6 is 0 Å². The summed E-state index contributed by atoms with van der Waals surface area (Å²) in [5.74, 6) is 0.795. The third-order valence-electron chi connectivity index (χ3n) is 7.58. The number of amides is 1. The van der Waals surface area contributed by atoms with Crippen molar-refractivity contribution in [1.82, 2.24) is 19.9 Å². The van der Waals surface area contributed by atoms with Gasteiger partial charge in [0.05, 0.1) is 12.5 Å². The maximum atomic E-state index is 13.3. The molecule has 3 heterocycles. The number of anilines is 2. The average molecular weight is 597 g/mol. The van der Waals surface area contributed by atoms with E-state index in [1.807, 2.05) is 78.9 Å². The SMILES string of the molecule is O=C(O)CC(Cn1cc(-c2ccccc2)c(N2CCC(CNc3ccccn3)CC2)nc1=O)NC(=O)OCc1ccccc1. The van der Waals surface area contributed by atoms with Crippen LogP contribution in [0.2, 0.25) is 0 Å². The molecule has 44 heavy (non-hydrogen) atoms. The summed E-state index contributed by atoms with van der Waals surface area (Å²) >= 11 is 0. The monoisotopic (exact) mass is 596 g/mol. The minimum absolute atomic E-state index is 0.0384. The van der Waals surface area contributed by atoms with Crippen LogP contribution < -0.4 is 21.2 Å². The summed E-state index contributed by atoms with van der Waals surface area (Å²) in [6.45, 7) is 2.25. The Labute approximate surface area is 255 Å². The third kappa shape index (κ3) is 8.43. The number of carbonyl (C=O) groups is 2. The van der Waals surface area contributed by atoms with Crippen molar-refractivity contribution in [1.29, 1.82) is 0 Å². The molecule has 0 saturated carbocycles. The Morgan fingerprint density at radius 2 is 1.68 bits per heavy atom. The maximum absolute atomic E-state index is 13.3. The Balaban J connectivity index is 1.30. The van der Waals surface area contributed by atoms with Gasteiger partial charge in [-0.1, -0.05) is 66.7 Å². The Morgan fingerprint density at radius 1 is 0.977 bits per heavy atom. The Hall–Kier alpha value is -5.19. The van der Waals surface area contributed by atoms with E-state index >= 15 is 0 Å². The highest BCUT2D eigenvalue weighted by molar-refractivity contribution is 5.75. The molecule has 5 rings (SSSR count). The zero-order valence-electron chi connectivity index (χ0n) is 24.3. The fourth-order valence-corrected chi connectivity index (χ4v) is 5.28. The highest BCUT2D eigenvalue weighted by Crippen LogP contribution is 2.31. The number of piperidine rings is 1. The first-order valence-electron chi connectivity index (χ1n) is 14.7. The fourth-order valence-electron chi connectivity index (χ4n) is 5.28. The van der Waals surface area contributed by atoms with Gasteiger partial charge in [0.2, 0.25) is 0 Å². The number of carboxylic acids is 1. The fraction of sp³-hybridized carbons (Fsp3) is 0.303. The number of alkyl carbamates (subject to hydrolysis) is 1. The quantitative estimate of drug-likeness (QED) is 0.217. The number of benzene rings is 2. The highest BCUT2D eigenvalue weighted by atomic mass is 16.5. The van der Waals surface area contributed by atoms with E-state index in [-0.39, 0.29) is 13.2 Å². The van der Waals surface area contributed by atoms with E-state index in [4.69, 9.17) is 4.74 Å². The van der Waals surface area contributed by atoms with E-state index < -0.39 is 30.2 Å². The van der Waals surface area contributed by atoms with Gasteiger partial charge in [0.15, 0.2) is 0 Å². The van der Waals surface area contributed by atoms with Crippen molar-refractivity contribution in [2.24, 2.45) is 5.92 Å². The first-order chi connectivity index (χ1) is 21.4. The van der Waals surface area contributed by atoms with Gasteiger partial charge in [-0.15, -0.1) is 0 Å². The van der Waals surface area contributed by atoms with Gasteiger partial charge in [0.1, 0.15) is 18.2 Å². The van der Waals surface area contributed by atoms with E-state index in [0.717, 1.165) is 55.0 Å². The number of rotatable bonds is 12. The summed E-state index contributed by atoms with van der Waals surface area (Å²) in [6.07, 6.45) is 4.17. The Kier molecular flexibility index (Phi) is 10.2. The molecule has 1 aliphatic rings. The summed E-state index contributed by atoms with van der Waals surface area (Å²) < 4.78 is 6.65. The molecular weight excluding hydrogens is 560 g/mol. The van der Waals surface area contributed by atoms with Crippen molar-refractivity contribution >= 4 is 23.7 Å². The number of hydrogen-bond donors (Lipinski definition) is 3. The second kappa shape index (κ2) is 14.8. The summed E-state index contributed by atoms with van der Waals surface area (Å²) in [6, 6.07) is 23.7. The summed E-state index contributed by atoms with van der Waals surface area (Å²) in [7, 11) is 0. The van der Waals surface area contributed by atoms with Gasteiger partial charge >= 0.3 is 17.8 Å². The van der Waals surface area contributed by atoms with Gasteiger partial charge in [-0.3, -0.25) is 9.36 Å². The molecule has 1 amide bonds. The van der Waals surface area contributed by atoms with E-state index in [9.17, 15) is 19.5 Å². The van der Waals surface area contributed by atoms with Crippen LogP contribution in [0.25, 0.3) is 11.1 Å². The lowest BCUT2D eigenvalue weighted by molar-refractivity contribution is -0.137. The Morgan fingerprint density at radius 3 is 2.36 bits per heavy atom. The number of pyridine rings is 1. The van der Waals surface area contributed by atoms with E-state index in [1.54, 1.807) is 12.4 Å². The van der Waals surface area contributed by atoms with Crippen LogP contribution in [0, 0.1) is 5.92 Å². The van der Waals surface area contributed by atoms with Crippen molar-refractivity contribution in [2.75, 3.05) is 29.9 Å². The van der Waals surface area contributed by atoms with Crippen molar-refractivity contribution in [3.8, 4) is 11.1 Å². The molecule has 1 unspecified atom stereocenters. The van der Waals surface area contributed by atoms with Gasteiger partial charge in [-0.05, 0) is 42.0 Å². The number of aromatic nitrogens is 3. The molecule has 0 bridgehead atoms. The standard InChI is InChI=1S/C33H36N6O5/c40-30(41)19-27(36-33(43)44-23-25-9-3-1-4-10-25)21-39-22-28(26-11-5-2-6-12-26)31(37-32(39)42)38-17-14-24(15-18-38)20-35-29-13-7-8-16-34-29/h1-13,16,22,24,27H,14-15,17-21,23H2,(H,34,35)(H,36,43)(H,40,41). The highest BCUT2D eigenvalue weighted by Gasteiger charge is 2.25. The molecule has 1 saturated heterocycles. The van der Waals surface area contributed by atoms with Crippen LogP contribution in [0.4, 0.5) is 16.4 Å². The van der Waals surface area contributed by atoms with Crippen molar-refractivity contribution in [2.45, 2.75) is 38.5 Å². The molecule has 11 nitrogen and oxygen atoms in total. The third-order valence-corrected chi connectivity index (χ3v) is 7.58. The van der Waals surface area contributed by atoms with Crippen LogP contribution in [-0.2, 0) is 22.7 Å². The van der Waals surface area contributed by atoms with Crippen LogP contribution in [0.1, 0.15) is 24.8 Å². The molecule has 0 spiro atoms. The number of ether oxygens (including phenoxy) is 1. The van der Waals surface area contributed by atoms with Crippen LogP contribution in [0.5, 0.6) is 0 Å². The number of hydrogen-bond acceptors (Lipinski definition) is 8. The molecule has 1 atom stereocenters. The van der Waals surface area contributed by atoms with Crippen LogP contribution in [0.3, 0.4) is 0 Å². The van der Waals surface area contributed by atoms with E-state index in [2.05, 4.69) is 25.5 Å². The van der Waals surface area contributed by atoms with Gasteiger partial charge in [-0.2, -0.15) is 4.98 Å². The van der Waals surface area contributed by atoms with Crippen molar-refractivity contribution < 1.29 is 19.4 Å². The molecule has 2 aromatic heterocycles. The van der Waals surface area contributed by atoms with Crippen LogP contribution in [0.15, 0.2) is 96.1 Å². The normalized spacial score (nSPS) is 14.0. The molecule has 3 N–H and O–H groups in total. The predicted molar refractivity (Wildman–Crippen MR) is 167 cm³/mol. The molecule has 11 heteroatoms. The number of aliphatic carboxylic acids is 1. The van der Waals surface area contributed by atoms with Gasteiger partial charge in [-0.25, -0.2) is 14.6 Å². The minimum Gasteiger partial charge on any atom is -0.481 e. The topological polar surface area (TPSA) is 139 Å². The van der Waals surface area contributed by atoms with Gasteiger partial charge in [0.25, 0.3) is 0 Å². The van der Waals surface area contributed by atoms with E-state index in [0.29, 0.717) is 11.7 Å². The zero-order chi connectivity index (χ0) is 30.7. The largest absolute Gasteiger partial charge is 0.481 e. The van der Waals surface area contributed by atoms with Gasteiger partial charge < -0.3 is 25.4 Å². The number of carboxylic acid groups (broad SMARTS) is 1. The summed E-state index contributed by atoms with van der Waals surface area (Å²) in [5.41, 5.74) is 1.92. The second-order valence-corrected chi connectivity index (χ2v) is 10.8. The Bertz CT molecular complexity index is 1580. The first kappa shape index (κ1) is 30.3. The molecule has 1 fully saturated rings. The molecule has 1 aliphatic heterocycles. The van der Waals surface area contributed by atoms with Gasteiger partial charge in [0, 0.05) is 44.1 Å². The van der Waals surface area contributed by atoms with Crippen LogP contribution in [-0.4, -0.2) is 57.4 Å². The average Bonchev–Trinajstić information content (AvgIpc) is 3.05. The predicted octanol–water partition coefficient (Wildman–Crippen LogP) is 4.40. The molecular formula is C33H36N6O5. The first-order valence-corrected chi connectivity index (χ1v) is 14.7.